The molecule has 220 valence electrons. The molecule has 0 saturated heterocycles. The first kappa shape index (κ1) is 29.7. The van der Waals surface area contributed by atoms with Crippen LogP contribution in [0.2, 0.25) is 10.0 Å². The molecule has 0 aliphatic carbocycles. The molecule has 2 heterocycles. The zero-order valence-corrected chi connectivity index (χ0v) is 24.9. The third kappa shape index (κ3) is 6.18. The lowest BCUT2D eigenvalue weighted by atomic mass is 10.1. The molecule has 13 heteroatoms. The average molecular weight is 633 g/mol. The minimum absolute atomic E-state index is 0.00921. The first-order valence-electron chi connectivity index (χ1n) is 13.3. The van der Waals surface area contributed by atoms with E-state index >= 15 is 0 Å². The van der Waals surface area contributed by atoms with Crippen molar-refractivity contribution in [3.05, 3.63) is 115 Å². The fourth-order valence-corrected chi connectivity index (χ4v) is 6.60. The number of nitrogens with zero attached hydrogens (tertiary/aromatic N) is 2. The second kappa shape index (κ2) is 12.2. The number of hydrogen-bond acceptors (Lipinski definition) is 6. The summed E-state index contributed by atoms with van der Waals surface area (Å²) in [7, 11) is -3.94. The minimum Gasteiger partial charge on any atom is -0.358 e. The average Bonchev–Trinajstić information content (AvgIpc) is 3.36. The Hall–Kier alpha value is -3.80. The molecule has 5 rings (SSSR count). The zero-order valence-electron chi connectivity index (χ0n) is 22.5. The van der Waals surface area contributed by atoms with Crippen LogP contribution in [0.5, 0.6) is 0 Å². The highest BCUT2D eigenvalue weighted by Gasteiger charge is 2.29. The summed E-state index contributed by atoms with van der Waals surface area (Å²) in [5.41, 5.74) is 0.625. The van der Waals surface area contributed by atoms with Crippen LogP contribution >= 0.6 is 23.2 Å². The van der Waals surface area contributed by atoms with E-state index in [9.17, 15) is 22.4 Å². The molecule has 1 atom stereocenters. The van der Waals surface area contributed by atoms with Gasteiger partial charge in [0.25, 0.3) is 15.6 Å². The van der Waals surface area contributed by atoms with Gasteiger partial charge in [0.15, 0.2) is 0 Å². The zero-order chi connectivity index (χ0) is 30.0. The van der Waals surface area contributed by atoms with E-state index in [2.05, 4.69) is 15.4 Å². The van der Waals surface area contributed by atoms with Gasteiger partial charge in [0.2, 0.25) is 0 Å². The van der Waals surface area contributed by atoms with Gasteiger partial charge in [0, 0.05) is 29.2 Å². The maximum absolute atomic E-state index is 14.4. The summed E-state index contributed by atoms with van der Waals surface area (Å²) in [6.45, 7) is 2.21. The predicted molar refractivity (Wildman–Crippen MR) is 164 cm³/mol. The van der Waals surface area contributed by atoms with Gasteiger partial charge in [-0.15, -0.1) is 0 Å². The summed E-state index contributed by atoms with van der Waals surface area (Å²) in [6.07, 6.45) is 1.55. The van der Waals surface area contributed by atoms with Gasteiger partial charge in [-0.3, -0.25) is 18.7 Å². The highest BCUT2D eigenvalue weighted by atomic mass is 35.5. The molecule has 1 aliphatic rings. The van der Waals surface area contributed by atoms with Gasteiger partial charge < -0.3 is 10.6 Å². The van der Waals surface area contributed by atoms with E-state index in [0.717, 1.165) is 23.0 Å². The number of unbranched alkanes of at least 4 members (excludes halogenated alkanes) is 1. The number of nitrogens with one attached hydrogen (secondary N) is 3. The molecule has 3 aromatic carbocycles. The molecule has 9 nitrogen and oxygen atoms in total. The number of fused-ring (bicyclic) bond motifs is 1. The van der Waals surface area contributed by atoms with Crippen molar-refractivity contribution in [3.63, 3.8) is 0 Å². The topological polar surface area (TPSA) is 114 Å². The molecule has 0 radical (unpaired) electrons. The van der Waals surface area contributed by atoms with E-state index < -0.39 is 33.3 Å². The molecule has 1 unspecified atom stereocenters. The summed E-state index contributed by atoms with van der Waals surface area (Å²) < 4.78 is 45.1. The van der Waals surface area contributed by atoms with E-state index in [0.29, 0.717) is 29.5 Å². The summed E-state index contributed by atoms with van der Waals surface area (Å²) in [5.74, 6) is -0.0900. The number of halogens is 3. The van der Waals surface area contributed by atoms with Crippen LogP contribution in [-0.4, -0.2) is 23.7 Å². The van der Waals surface area contributed by atoms with Gasteiger partial charge in [-0.2, -0.15) is 0 Å². The molecule has 0 saturated carbocycles. The van der Waals surface area contributed by atoms with Crippen molar-refractivity contribution in [1.82, 2.24) is 9.13 Å². The molecular weight excluding hydrogens is 604 g/mol. The lowest BCUT2D eigenvalue weighted by Crippen LogP contribution is -2.41. The van der Waals surface area contributed by atoms with Crippen LogP contribution in [0.15, 0.2) is 81.2 Å². The molecule has 0 amide bonds. The Kier molecular flexibility index (Phi) is 8.63. The third-order valence-corrected chi connectivity index (χ3v) is 9.01. The van der Waals surface area contributed by atoms with E-state index in [4.69, 9.17) is 23.2 Å². The van der Waals surface area contributed by atoms with Gasteiger partial charge in [0.1, 0.15) is 28.4 Å². The number of hydrogen-bond donors (Lipinski definition) is 3. The molecular formula is C29H28Cl2FN5O4S. The van der Waals surface area contributed by atoms with Crippen LogP contribution in [0.1, 0.15) is 30.9 Å². The van der Waals surface area contributed by atoms with Crippen molar-refractivity contribution in [2.75, 3.05) is 15.4 Å². The molecule has 0 bridgehead atoms. The van der Waals surface area contributed by atoms with Crippen molar-refractivity contribution < 1.29 is 12.8 Å². The smallest absolute Gasteiger partial charge is 0.332 e. The van der Waals surface area contributed by atoms with E-state index in [1.807, 2.05) is 6.92 Å². The number of anilines is 3. The summed E-state index contributed by atoms with van der Waals surface area (Å²) in [6, 6.07) is 17.0. The van der Waals surface area contributed by atoms with Crippen molar-refractivity contribution in [1.29, 1.82) is 0 Å². The Bertz CT molecular complexity index is 1860. The maximum atomic E-state index is 14.4. The SMILES string of the molecule is CCCCn1c2c(c(=O)n(Cc3ccccc3F)c1=O)NC(Cc1ccc(NS(=O)(=O)c3ccc(Cl)cc3Cl)cc1)N2. The number of benzene rings is 3. The molecule has 4 aromatic rings. The monoisotopic (exact) mass is 631 g/mol. The minimum atomic E-state index is -3.94. The Morgan fingerprint density at radius 1 is 0.976 bits per heavy atom. The fourth-order valence-electron chi connectivity index (χ4n) is 4.76. The number of sulfonamides is 1. The third-order valence-electron chi connectivity index (χ3n) is 6.91. The Balaban J connectivity index is 1.35. The molecule has 42 heavy (non-hydrogen) atoms. The second-order valence-corrected chi connectivity index (χ2v) is 12.4. The van der Waals surface area contributed by atoms with Crippen molar-refractivity contribution in [2.45, 2.75) is 50.3 Å². The van der Waals surface area contributed by atoms with Gasteiger partial charge in [-0.25, -0.2) is 17.6 Å². The van der Waals surface area contributed by atoms with Crippen LogP contribution in [-0.2, 0) is 29.5 Å². The largest absolute Gasteiger partial charge is 0.358 e. The van der Waals surface area contributed by atoms with Crippen LogP contribution in [0, 0.1) is 5.82 Å². The van der Waals surface area contributed by atoms with E-state index in [1.165, 1.54) is 28.8 Å². The van der Waals surface area contributed by atoms with Gasteiger partial charge in [-0.1, -0.05) is 66.9 Å². The first-order chi connectivity index (χ1) is 20.1. The van der Waals surface area contributed by atoms with Crippen molar-refractivity contribution in [2.24, 2.45) is 0 Å². The van der Waals surface area contributed by atoms with E-state index in [1.54, 1.807) is 42.5 Å². The standard InChI is InChI=1S/C29H28Cl2FN5O4S/c1-2-3-14-36-27-26(28(38)37(29(36)39)17-19-6-4-5-7-23(19)32)33-25(34-27)15-18-8-11-21(12-9-18)35-42(40,41)24-13-10-20(30)16-22(24)31/h4-13,16,25,33-35H,2-3,14-15,17H2,1H3. The molecule has 1 aliphatic heterocycles. The van der Waals surface area contributed by atoms with Gasteiger partial charge >= 0.3 is 5.69 Å². The van der Waals surface area contributed by atoms with Crippen molar-refractivity contribution in [3.8, 4) is 0 Å². The van der Waals surface area contributed by atoms with Gasteiger partial charge in [0.05, 0.1) is 11.6 Å². The molecule has 3 N–H and O–H groups in total. The Morgan fingerprint density at radius 2 is 1.71 bits per heavy atom. The Labute approximate surface area is 252 Å². The quantitative estimate of drug-likeness (QED) is 0.213. The highest BCUT2D eigenvalue weighted by molar-refractivity contribution is 7.92. The fraction of sp³-hybridized carbons (Fsp3) is 0.241. The second-order valence-electron chi connectivity index (χ2n) is 9.92. The lowest BCUT2D eigenvalue weighted by molar-refractivity contribution is 0.547. The molecule has 0 spiro atoms. The normalized spacial score (nSPS) is 14.2. The maximum Gasteiger partial charge on any atom is 0.332 e. The van der Waals surface area contributed by atoms with E-state index in [-0.39, 0.29) is 27.7 Å². The predicted octanol–water partition coefficient (Wildman–Crippen LogP) is 5.51. The summed E-state index contributed by atoms with van der Waals surface area (Å²) in [4.78, 5) is 26.7. The van der Waals surface area contributed by atoms with Gasteiger partial charge in [-0.05, 0) is 48.4 Å². The van der Waals surface area contributed by atoms with Crippen LogP contribution in [0.25, 0.3) is 0 Å². The number of rotatable bonds is 10. The summed E-state index contributed by atoms with van der Waals surface area (Å²) >= 11 is 12.0. The van der Waals surface area contributed by atoms with Crippen molar-refractivity contribution >= 4 is 50.4 Å². The van der Waals surface area contributed by atoms with Crippen LogP contribution in [0.4, 0.5) is 21.6 Å². The lowest BCUT2D eigenvalue weighted by Gasteiger charge is -2.15. The first-order valence-corrected chi connectivity index (χ1v) is 15.5. The molecule has 1 aromatic heterocycles. The molecule has 0 fully saturated rings. The van der Waals surface area contributed by atoms with Crippen LogP contribution < -0.4 is 26.6 Å². The Morgan fingerprint density at radius 3 is 2.40 bits per heavy atom. The summed E-state index contributed by atoms with van der Waals surface area (Å²) in [5, 5.41) is 6.78. The van der Waals surface area contributed by atoms with Crippen LogP contribution in [0.3, 0.4) is 0 Å². The number of aromatic nitrogens is 2. The highest BCUT2D eigenvalue weighted by Crippen LogP contribution is 2.28.